The Hall–Kier alpha value is -2.09. The van der Waals surface area contributed by atoms with Crippen LogP contribution in [0.2, 0.25) is 5.02 Å². The largest absolute Gasteiger partial charge is 0.493 e. The molecular weight excluding hydrogens is 452 g/mol. The number of methoxy groups -OCH3 is 1. The summed E-state index contributed by atoms with van der Waals surface area (Å²) >= 11 is 14.8. The molecule has 1 heterocycles. The number of nitrogens with one attached hydrogen (secondary N) is 1. The number of rotatable bonds is 5. The van der Waals surface area contributed by atoms with Gasteiger partial charge in [0, 0.05) is 22.1 Å². The second kappa shape index (κ2) is 8.29. The van der Waals surface area contributed by atoms with Crippen LogP contribution in [0.15, 0.2) is 46.6 Å². The minimum Gasteiger partial charge on any atom is -0.493 e. The Kier molecular flexibility index (Phi) is 6.04. The van der Waals surface area contributed by atoms with Gasteiger partial charge < -0.3 is 14.8 Å². The fraction of sp³-hybridized carbons (Fsp3) is 0.158. The van der Waals surface area contributed by atoms with Crippen LogP contribution in [0, 0.1) is 0 Å². The average Bonchev–Trinajstić information content (AvgIpc) is 2.89. The number of hydrogen-bond acceptors (Lipinski definition) is 4. The number of carbonyl (C=O) groups is 1. The lowest BCUT2D eigenvalue weighted by Crippen LogP contribution is -2.25. The highest BCUT2D eigenvalue weighted by atomic mass is 79.9. The topological polar surface area (TPSA) is 50.8 Å². The molecule has 0 saturated carbocycles. The van der Waals surface area contributed by atoms with E-state index in [9.17, 15) is 4.79 Å². The van der Waals surface area contributed by atoms with E-state index in [1.807, 2.05) is 24.3 Å². The van der Waals surface area contributed by atoms with Crippen LogP contribution in [0.3, 0.4) is 0 Å². The minimum atomic E-state index is -0.190. The molecule has 3 rings (SSSR count). The molecule has 0 aliphatic carbocycles. The summed E-state index contributed by atoms with van der Waals surface area (Å²) in [5.41, 5.74) is 2.03. The van der Waals surface area contributed by atoms with Gasteiger partial charge in [0.05, 0.1) is 7.11 Å². The second-order valence-corrected chi connectivity index (χ2v) is 7.41. The number of benzene rings is 2. The van der Waals surface area contributed by atoms with Crippen LogP contribution in [0.4, 0.5) is 0 Å². The zero-order valence-electron chi connectivity index (χ0n) is 14.6. The Morgan fingerprint density at radius 2 is 2.04 bits per heavy atom. The lowest BCUT2D eigenvalue weighted by Gasteiger charge is -2.13. The Morgan fingerprint density at radius 3 is 2.67 bits per heavy atom. The van der Waals surface area contributed by atoms with Crippen molar-refractivity contribution >= 4 is 56.8 Å². The van der Waals surface area contributed by atoms with Gasteiger partial charge >= 0.3 is 0 Å². The van der Waals surface area contributed by atoms with E-state index in [1.165, 1.54) is 4.90 Å². The molecule has 2 aromatic rings. The van der Waals surface area contributed by atoms with E-state index in [2.05, 4.69) is 21.2 Å². The highest BCUT2D eigenvalue weighted by Gasteiger charge is 2.27. The summed E-state index contributed by atoms with van der Waals surface area (Å²) in [5.74, 6) is 0.910. The predicted molar refractivity (Wildman–Crippen MR) is 113 cm³/mol. The maximum Gasteiger partial charge on any atom is 0.276 e. The van der Waals surface area contributed by atoms with E-state index < -0.39 is 0 Å². The Labute approximate surface area is 176 Å². The summed E-state index contributed by atoms with van der Waals surface area (Å²) in [4.78, 5) is 13.6. The summed E-state index contributed by atoms with van der Waals surface area (Å²) in [7, 11) is 3.18. The van der Waals surface area contributed by atoms with Crippen molar-refractivity contribution in [2.45, 2.75) is 6.61 Å². The van der Waals surface area contributed by atoms with Gasteiger partial charge in [0.25, 0.3) is 5.91 Å². The van der Waals surface area contributed by atoms with Crippen molar-refractivity contribution in [3.8, 4) is 11.5 Å². The molecule has 0 bridgehead atoms. The van der Waals surface area contributed by atoms with E-state index in [1.54, 1.807) is 32.4 Å². The van der Waals surface area contributed by atoms with Crippen molar-refractivity contribution < 1.29 is 14.3 Å². The first-order valence-corrected chi connectivity index (χ1v) is 9.53. The molecule has 1 aliphatic heterocycles. The highest BCUT2D eigenvalue weighted by molar-refractivity contribution is 9.10. The van der Waals surface area contributed by atoms with Gasteiger partial charge in [0.1, 0.15) is 12.3 Å². The van der Waals surface area contributed by atoms with Crippen LogP contribution < -0.4 is 14.8 Å². The van der Waals surface area contributed by atoms with E-state index in [-0.39, 0.29) is 5.91 Å². The van der Waals surface area contributed by atoms with Crippen molar-refractivity contribution in [1.82, 2.24) is 10.2 Å². The molecule has 0 unspecified atom stereocenters. The maximum absolute atomic E-state index is 12.2. The first kappa shape index (κ1) is 19.7. The number of likely N-dealkylation sites (N-methyl/N-ethyl adjacent to an activating group) is 1. The molecular formula is C19H16BrClN2O3S. The quantitative estimate of drug-likeness (QED) is 0.522. The van der Waals surface area contributed by atoms with Crippen molar-refractivity contribution in [2.75, 3.05) is 14.2 Å². The maximum atomic E-state index is 12.2. The molecule has 140 valence electrons. The summed E-state index contributed by atoms with van der Waals surface area (Å²) in [6, 6.07) is 11.1. The lowest BCUT2D eigenvalue weighted by molar-refractivity contribution is -0.121. The standard InChI is InChI=1S/C19H16BrClN2O3S/c1-23-18(24)15(22-19(23)27)7-12-8-16(25-2)17(9-13(12)20)26-10-11-5-3-4-6-14(11)21/h3-9H,10H2,1-2H3,(H,22,27). The third kappa shape index (κ3) is 4.26. The zero-order chi connectivity index (χ0) is 19.6. The first-order chi connectivity index (χ1) is 12.9. The van der Waals surface area contributed by atoms with Gasteiger partial charge in [-0.05, 0) is 42.1 Å². The molecule has 1 fully saturated rings. The molecule has 27 heavy (non-hydrogen) atoms. The zero-order valence-corrected chi connectivity index (χ0v) is 17.7. The summed E-state index contributed by atoms with van der Waals surface area (Å²) < 4.78 is 12.1. The van der Waals surface area contributed by atoms with Gasteiger partial charge in [-0.25, -0.2) is 0 Å². The normalized spacial score (nSPS) is 15.3. The molecule has 1 aliphatic rings. The van der Waals surface area contributed by atoms with E-state index in [0.717, 1.165) is 15.6 Å². The van der Waals surface area contributed by atoms with Crippen LogP contribution in [-0.2, 0) is 11.4 Å². The van der Waals surface area contributed by atoms with Gasteiger partial charge in [0.15, 0.2) is 16.6 Å². The van der Waals surface area contributed by atoms with Crippen LogP contribution in [0.1, 0.15) is 11.1 Å². The lowest BCUT2D eigenvalue weighted by atomic mass is 10.1. The minimum absolute atomic E-state index is 0.190. The second-order valence-electron chi connectivity index (χ2n) is 5.76. The highest BCUT2D eigenvalue weighted by Crippen LogP contribution is 2.35. The van der Waals surface area contributed by atoms with Crippen LogP contribution >= 0.6 is 39.7 Å². The number of nitrogens with zero attached hydrogens (tertiary/aromatic N) is 1. The Morgan fingerprint density at radius 1 is 1.30 bits per heavy atom. The third-order valence-electron chi connectivity index (χ3n) is 4.01. The van der Waals surface area contributed by atoms with Gasteiger partial charge in [-0.2, -0.15) is 0 Å². The van der Waals surface area contributed by atoms with Crippen LogP contribution in [0.5, 0.6) is 11.5 Å². The van der Waals surface area contributed by atoms with E-state index >= 15 is 0 Å². The molecule has 5 nitrogen and oxygen atoms in total. The first-order valence-electron chi connectivity index (χ1n) is 7.95. The summed E-state index contributed by atoms with van der Waals surface area (Å²) in [5, 5.41) is 3.91. The van der Waals surface area contributed by atoms with Crippen molar-refractivity contribution in [2.24, 2.45) is 0 Å². The van der Waals surface area contributed by atoms with Crippen LogP contribution in [-0.4, -0.2) is 30.1 Å². The number of thiocarbonyl (C=S) groups is 1. The number of amides is 1. The Balaban J connectivity index is 1.86. The SMILES string of the molecule is COc1cc(C=C2NC(=S)N(C)C2=O)c(Br)cc1OCc1ccccc1Cl. The van der Waals surface area contributed by atoms with Crippen molar-refractivity contribution in [3.05, 3.63) is 62.7 Å². The van der Waals surface area contributed by atoms with E-state index in [0.29, 0.717) is 33.9 Å². The van der Waals surface area contributed by atoms with E-state index in [4.69, 9.17) is 33.3 Å². The fourth-order valence-electron chi connectivity index (χ4n) is 2.48. The Bertz CT molecular complexity index is 949. The molecule has 0 radical (unpaired) electrons. The van der Waals surface area contributed by atoms with Crippen LogP contribution in [0.25, 0.3) is 6.08 Å². The van der Waals surface area contributed by atoms with Crippen molar-refractivity contribution in [3.63, 3.8) is 0 Å². The van der Waals surface area contributed by atoms with Crippen molar-refractivity contribution in [1.29, 1.82) is 0 Å². The monoisotopic (exact) mass is 466 g/mol. The summed E-state index contributed by atoms with van der Waals surface area (Å²) in [6.07, 6.45) is 1.71. The number of carbonyl (C=O) groups excluding carboxylic acids is 1. The molecule has 0 aromatic heterocycles. The van der Waals surface area contributed by atoms with Gasteiger partial charge in [-0.3, -0.25) is 9.69 Å². The molecule has 0 spiro atoms. The fourth-order valence-corrected chi connectivity index (χ4v) is 3.30. The number of halogens is 2. The molecule has 1 saturated heterocycles. The summed E-state index contributed by atoms with van der Waals surface area (Å²) in [6.45, 7) is 0.308. The molecule has 8 heteroatoms. The molecule has 1 N–H and O–H groups in total. The van der Waals surface area contributed by atoms with Gasteiger partial charge in [0.2, 0.25) is 0 Å². The average molecular weight is 468 g/mol. The molecule has 0 atom stereocenters. The van der Waals surface area contributed by atoms with Gasteiger partial charge in [-0.15, -0.1) is 0 Å². The van der Waals surface area contributed by atoms with Gasteiger partial charge in [-0.1, -0.05) is 45.7 Å². The smallest absolute Gasteiger partial charge is 0.276 e. The molecule has 2 aromatic carbocycles. The third-order valence-corrected chi connectivity index (χ3v) is 5.44. The number of ether oxygens (including phenoxy) is 2. The number of hydrogen-bond donors (Lipinski definition) is 1. The predicted octanol–water partition coefficient (Wildman–Crippen LogP) is 4.38. The molecule has 1 amide bonds.